The van der Waals surface area contributed by atoms with Gasteiger partial charge in [-0.1, -0.05) is 30.3 Å². The highest BCUT2D eigenvalue weighted by molar-refractivity contribution is 5.42. The molecule has 9 heteroatoms. The number of anilines is 3. The van der Waals surface area contributed by atoms with Crippen LogP contribution in [0.15, 0.2) is 36.7 Å². The summed E-state index contributed by atoms with van der Waals surface area (Å²) in [6.45, 7) is 2.43. The van der Waals surface area contributed by atoms with E-state index in [0.29, 0.717) is 24.4 Å². The van der Waals surface area contributed by atoms with Crippen molar-refractivity contribution in [3.05, 3.63) is 48.0 Å². The molecule has 3 N–H and O–H groups in total. The minimum Gasteiger partial charge on any atom is -0.368 e. The summed E-state index contributed by atoms with van der Waals surface area (Å²) < 4.78 is 1.99. The first-order chi connectivity index (χ1) is 13.7. The molecule has 3 heterocycles. The fraction of sp³-hybridized carbons (Fsp3) is 0.421. The van der Waals surface area contributed by atoms with E-state index >= 15 is 0 Å². The molecule has 0 saturated carbocycles. The summed E-state index contributed by atoms with van der Waals surface area (Å²) in [5.74, 6) is 3.01. The summed E-state index contributed by atoms with van der Waals surface area (Å²) >= 11 is 0. The minimum absolute atomic E-state index is 0.238. The van der Waals surface area contributed by atoms with Crippen molar-refractivity contribution in [3.8, 4) is 0 Å². The first kappa shape index (κ1) is 18.1. The molecule has 9 nitrogen and oxygen atoms in total. The van der Waals surface area contributed by atoms with Gasteiger partial charge >= 0.3 is 0 Å². The van der Waals surface area contributed by atoms with Crippen LogP contribution in [0, 0.1) is 5.92 Å². The molecule has 1 fully saturated rings. The van der Waals surface area contributed by atoms with E-state index in [4.69, 9.17) is 5.73 Å². The highest BCUT2D eigenvalue weighted by atomic mass is 15.3. The van der Waals surface area contributed by atoms with E-state index in [-0.39, 0.29) is 5.95 Å². The molecule has 1 aromatic carbocycles. The summed E-state index contributed by atoms with van der Waals surface area (Å²) in [5.41, 5.74) is 7.08. The van der Waals surface area contributed by atoms with Gasteiger partial charge < -0.3 is 20.5 Å². The number of benzene rings is 1. The van der Waals surface area contributed by atoms with Crippen LogP contribution in [-0.2, 0) is 20.0 Å². The Bertz CT molecular complexity index is 901. The molecule has 0 atom stereocenters. The molecule has 0 radical (unpaired) electrons. The second-order valence-corrected chi connectivity index (χ2v) is 7.15. The van der Waals surface area contributed by atoms with E-state index in [0.717, 1.165) is 43.7 Å². The normalized spacial score (nSPS) is 15.0. The number of nitrogens with zero attached hydrogens (tertiary/aromatic N) is 7. The summed E-state index contributed by atoms with van der Waals surface area (Å²) in [6, 6.07) is 10.1. The second kappa shape index (κ2) is 8.20. The topological polar surface area (TPSA) is 111 Å². The van der Waals surface area contributed by atoms with Gasteiger partial charge in [-0.2, -0.15) is 15.0 Å². The molecule has 28 heavy (non-hydrogen) atoms. The Labute approximate surface area is 164 Å². The first-order valence-electron chi connectivity index (χ1n) is 9.54. The van der Waals surface area contributed by atoms with Crippen LogP contribution >= 0.6 is 0 Å². The van der Waals surface area contributed by atoms with E-state index in [1.165, 1.54) is 0 Å². The molecular weight excluding hydrogens is 354 g/mol. The van der Waals surface area contributed by atoms with Gasteiger partial charge in [-0.25, -0.2) is 0 Å². The summed E-state index contributed by atoms with van der Waals surface area (Å²) in [5, 5.41) is 11.4. The van der Waals surface area contributed by atoms with Gasteiger partial charge in [0.05, 0.1) is 0 Å². The predicted molar refractivity (Wildman–Crippen MR) is 108 cm³/mol. The molecule has 1 saturated heterocycles. The highest BCUT2D eigenvalue weighted by Crippen LogP contribution is 2.24. The Hall–Kier alpha value is -3.23. The van der Waals surface area contributed by atoms with Crippen LogP contribution in [0.3, 0.4) is 0 Å². The second-order valence-electron chi connectivity index (χ2n) is 7.15. The fourth-order valence-electron chi connectivity index (χ4n) is 3.47. The average Bonchev–Trinajstić information content (AvgIpc) is 3.12. The third kappa shape index (κ3) is 4.36. The summed E-state index contributed by atoms with van der Waals surface area (Å²) in [4.78, 5) is 15.3. The molecule has 3 aromatic rings. The van der Waals surface area contributed by atoms with Crippen LogP contribution in [0.4, 0.5) is 17.8 Å². The SMILES string of the molecule is Cn1cnnc1CC1CCN(c2nc(N)nc(NCc3ccccc3)n2)CC1. The van der Waals surface area contributed by atoms with Gasteiger partial charge in [0.2, 0.25) is 17.8 Å². The zero-order valence-corrected chi connectivity index (χ0v) is 16.0. The van der Waals surface area contributed by atoms with Crippen molar-refractivity contribution in [1.29, 1.82) is 0 Å². The van der Waals surface area contributed by atoms with E-state index in [9.17, 15) is 0 Å². The largest absolute Gasteiger partial charge is 0.368 e. The lowest BCUT2D eigenvalue weighted by Crippen LogP contribution is -2.36. The third-order valence-corrected chi connectivity index (χ3v) is 5.11. The molecule has 0 bridgehead atoms. The van der Waals surface area contributed by atoms with Crippen molar-refractivity contribution >= 4 is 17.8 Å². The van der Waals surface area contributed by atoms with Crippen molar-refractivity contribution in [2.75, 3.05) is 29.0 Å². The molecule has 0 spiro atoms. The van der Waals surface area contributed by atoms with E-state index in [1.54, 1.807) is 6.33 Å². The van der Waals surface area contributed by atoms with Crippen LogP contribution in [0.5, 0.6) is 0 Å². The molecule has 4 rings (SSSR count). The number of nitrogens with two attached hydrogens (primary N) is 1. The Kier molecular flexibility index (Phi) is 5.31. The van der Waals surface area contributed by atoms with Gasteiger partial charge in [0.15, 0.2) is 0 Å². The summed E-state index contributed by atoms with van der Waals surface area (Å²) in [6.07, 6.45) is 4.83. The summed E-state index contributed by atoms with van der Waals surface area (Å²) in [7, 11) is 1.99. The highest BCUT2D eigenvalue weighted by Gasteiger charge is 2.23. The van der Waals surface area contributed by atoms with Gasteiger partial charge in [0, 0.05) is 33.1 Å². The Morgan fingerprint density at radius 2 is 1.89 bits per heavy atom. The van der Waals surface area contributed by atoms with Gasteiger partial charge in [-0.15, -0.1) is 10.2 Å². The molecule has 2 aromatic heterocycles. The van der Waals surface area contributed by atoms with Gasteiger partial charge in [0.25, 0.3) is 0 Å². The number of aryl methyl sites for hydroxylation is 1. The molecule has 146 valence electrons. The zero-order valence-electron chi connectivity index (χ0n) is 16.0. The zero-order chi connectivity index (χ0) is 19.3. The number of nitrogens with one attached hydrogen (secondary N) is 1. The van der Waals surface area contributed by atoms with Gasteiger partial charge in [-0.05, 0) is 24.3 Å². The van der Waals surface area contributed by atoms with Gasteiger partial charge in [0.1, 0.15) is 12.2 Å². The molecule has 0 aliphatic carbocycles. The lowest BCUT2D eigenvalue weighted by molar-refractivity contribution is 0.390. The van der Waals surface area contributed by atoms with Crippen LogP contribution < -0.4 is 16.0 Å². The van der Waals surface area contributed by atoms with Crippen molar-refractivity contribution in [1.82, 2.24) is 29.7 Å². The monoisotopic (exact) mass is 379 g/mol. The smallest absolute Gasteiger partial charge is 0.231 e. The van der Waals surface area contributed by atoms with Gasteiger partial charge in [-0.3, -0.25) is 0 Å². The fourth-order valence-corrected chi connectivity index (χ4v) is 3.47. The molecule has 1 aliphatic rings. The quantitative estimate of drug-likeness (QED) is 0.665. The maximum absolute atomic E-state index is 5.92. The first-order valence-corrected chi connectivity index (χ1v) is 9.54. The Balaban J connectivity index is 1.36. The van der Waals surface area contributed by atoms with Crippen molar-refractivity contribution in [2.24, 2.45) is 13.0 Å². The molecule has 0 amide bonds. The van der Waals surface area contributed by atoms with Crippen LogP contribution in [-0.4, -0.2) is 42.8 Å². The number of piperidine rings is 1. The maximum Gasteiger partial charge on any atom is 0.231 e. The van der Waals surface area contributed by atoms with E-state index in [2.05, 4.69) is 47.5 Å². The Morgan fingerprint density at radius 1 is 1.11 bits per heavy atom. The lowest BCUT2D eigenvalue weighted by atomic mass is 9.93. The molecule has 0 unspecified atom stereocenters. The number of nitrogen functional groups attached to an aromatic ring is 1. The number of hydrogen-bond acceptors (Lipinski definition) is 8. The van der Waals surface area contributed by atoms with Crippen molar-refractivity contribution in [3.63, 3.8) is 0 Å². The maximum atomic E-state index is 5.92. The average molecular weight is 379 g/mol. The van der Waals surface area contributed by atoms with Crippen LogP contribution in [0.2, 0.25) is 0 Å². The molecule has 1 aliphatic heterocycles. The lowest BCUT2D eigenvalue weighted by Gasteiger charge is -2.31. The molecular formula is C19H25N9. The van der Waals surface area contributed by atoms with Crippen LogP contribution in [0.25, 0.3) is 0 Å². The van der Waals surface area contributed by atoms with Crippen LogP contribution in [0.1, 0.15) is 24.2 Å². The van der Waals surface area contributed by atoms with Crippen molar-refractivity contribution in [2.45, 2.75) is 25.8 Å². The minimum atomic E-state index is 0.238. The van der Waals surface area contributed by atoms with E-state index < -0.39 is 0 Å². The van der Waals surface area contributed by atoms with Crippen molar-refractivity contribution < 1.29 is 0 Å². The number of hydrogen-bond donors (Lipinski definition) is 2. The number of aromatic nitrogens is 6. The Morgan fingerprint density at radius 3 is 2.61 bits per heavy atom. The number of rotatable bonds is 6. The van der Waals surface area contributed by atoms with E-state index in [1.807, 2.05) is 29.8 Å². The standard InChI is InChI=1S/C19H25N9/c1-27-13-22-26-16(27)11-14-7-9-28(10-8-14)19-24-17(20)23-18(25-19)21-12-15-5-3-2-4-6-15/h2-6,13-14H,7-12H2,1H3,(H3,20,21,23,24,25). The predicted octanol–water partition coefficient (Wildman–Crippen LogP) is 1.65. The third-order valence-electron chi connectivity index (χ3n) is 5.11.